The summed E-state index contributed by atoms with van der Waals surface area (Å²) in [4.78, 5) is 4.25. The van der Waals surface area contributed by atoms with E-state index in [1.807, 2.05) is 6.20 Å². The minimum Gasteiger partial charge on any atom is -0.368 e. The highest BCUT2D eigenvalue weighted by molar-refractivity contribution is 9.11. The lowest BCUT2D eigenvalue weighted by Crippen LogP contribution is -2.33. The zero-order valence-corrected chi connectivity index (χ0v) is 8.82. The van der Waals surface area contributed by atoms with Gasteiger partial charge in [0.1, 0.15) is 11.1 Å². The SMILES string of the molecule is Brc1cnc(C2CNCCO2)s1. The van der Waals surface area contributed by atoms with E-state index in [1.54, 1.807) is 11.3 Å². The fourth-order valence-corrected chi connectivity index (χ4v) is 2.43. The maximum atomic E-state index is 5.54. The second-order valence-electron chi connectivity index (χ2n) is 2.57. The van der Waals surface area contributed by atoms with E-state index in [1.165, 1.54) is 0 Å². The Morgan fingerprint density at radius 1 is 1.75 bits per heavy atom. The topological polar surface area (TPSA) is 34.2 Å². The van der Waals surface area contributed by atoms with E-state index in [9.17, 15) is 0 Å². The van der Waals surface area contributed by atoms with Gasteiger partial charge in [0.25, 0.3) is 0 Å². The maximum absolute atomic E-state index is 5.54. The van der Waals surface area contributed by atoms with Crippen LogP contribution in [-0.2, 0) is 4.74 Å². The number of ether oxygens (including phenoxy) is 1. The molecule has 3 nitrogen and oxygen atoms in total. The Labute approximate surface area is 83.3 Å². The van der Waals surface area contributed by atoms with Crippen LogP contribution in [-0.4, -0.2) is 24.7 Å². The van der Waals surface area contributed by atoms with Gasteiger partial charge < -0.3 is 10.1 Å². The van der Waals surface area contributed by atoms with Crippen LogP contribution in [0, 0.1) is 0 Å². The molecule has 0 amide bonds. The Morgan fingerprint density at radius 2 is 2.67 bits per heavy atom. The van der Waals surface area contributed by atoms with Crippen LogP contribution in [0.3, 0.4) is 0 Å². The van der Waals surface area contributed by atoms with E-state index in [0.29, 0.717) is 0 Å². The van der Waals surface area contributed by atoms with E-state index in [0.717, 1.165) is 28.5 Å². The van der Waals surface area contributed by atoms with Crippen molar-refractivity contribution in [3.05, 3.63) is 15.0 Å². The van der Waals surface area contributed by atoms with Crippen LogP contribution in [0.2, 0.25) is 0 Å². The Balaban J connectivity index is 2.08. The van der Waals surface area contributed by atoms with Crippen LogP contribution < -0.4 is 5.32 Å². The van der Waals surface area contributed by atoms with Crippen molar-refractivity contribution < 1.29 is 4.74 Å². The summed E-state index contributed by atoms with van der Waals surface area (Å²) in [5.41, 5.74) is 0. The van der Waals surface area contributed by atoms with Crippen LogP contribution >= 0.6 is 27.3 Å². The van der Waals surface area contributed by atoms with Gasteiger partial charge >= 0.3 is 0 Å². The summed E-state index contributed by atoms with van der Waals surface area (Å²) in [6, 6.07) is 0. The summed E-state index contributed by atoms with van der Waals surface area (Å²) in [5.74, 6) is 0. The molecule has 0 saturated carbocycles. The Hall–Kier alpha value is 0.0300. The first-order chi connectivity index (χ1) is 5.86. The van der Waals surface area contributed by atoms with Gasteiger partial charge in [0.2, 0.25) is 0 Å². The number of nitrogens with one attached hydrogen (secondary N) is 1. The molecule has 0 aliphatic carbocycles. The second-order valence-corrected chi connectivity index (χ2v) is 5.01. The highest BCUT2D eigenvalue weighted by Gasteiger charge is 2.18. The van der Waals surface area contributed by atoms with Crippen molar-refractivity contribution in [3.8, 4) is 0 Å². The van der Waals surface area contributed by atoms with Crippen LogP contribution in [0.25, 0.3) is 0 Å². The predicted octanol–water partition coefficient (Wildman–Crippen LogP) is 1.57. The van der Waals surface area contributed by atoms with Crippen LogP contribution in [0.4, 0.5) is 0 Å². The Kier molecular flexibility index (Phi) is 2.75. The van der Waals surface area contributed by atoms with Gasteiger partial charge in [-0.05, 0) is 15.9 Å². The Morgan fingerprint density at radius 3 is 3.25 bits per heavy atom. The van der Waals surface area contributed by atoms with Crippen LogP contribution in [0.5, 0.6) is 0 Å². The first-order valence-corrected chi connectivity index (χ1v) is 5.41. The van der Waals surface area contributed by atoms with Gasteiger partial charge in [-0.15, -0.1) is 11.3 Å². The number of hydrogen-bond donors (Lipinski definition) is 1. The average molecular weight is 249 g/mol. The summed E-state index contributed by atoms with van der Waals surface area (Å²) in [6.07, 6.45) is 1.97. The molecule has 1 fully saturated rings. The summed E-state index contributed by atoms with van der Waals surface area (Å²) in [5, 5.41) is 4.32. The van der Waals surface area contributed by atoms with Crippen LogP contribution in [0.15, 0.2) is 9.98 Å². The lowest BCUT2D eigenvalue weighted by Gasteiger charge is -2.21. The lowest BCUT2D eigenvalue weighted by molar-refractivity contribution is 0.0275. The van der Waals surface area contributed by atoms with Gasteiger partial charge in [-0.2, -0.15) is 0 Å². The smallest absolute Gasteiger partial charge is 0.124 e. The standard InChI is InChI=1S/C7H9BrN2OS/c8-6-4-10-7(12-6)5-3-9-1-2-11-5/h4-5,9H,1-3H2. The molecule has 1 unspecified atom stereocenters. The van der Waals surface area contributed by atoms with Crippen molar-refractivity contribution in [1.82, 2.24) is 10.3 Å². The molecule has 0 bridgehead atoms. The van der Waals surface area contributed by atoms with Gasteiger partial charge in [-0.25, -0.2) is 4.98 Å². The molecule has 1 aliphatic heterocycles. The highest BCUT2D eigenvalue weighted by Crippen LogP contribution is 2.26. The number of aromatic nitrogens is 1. The number of rotatable bonds is 1. The normalized spacial score (nSPS) is 24.2. The summed E-state index contributed by atoms with van der Waals surface area (Å²) < 4.78 is 6.60. The van der Waals surface area contributed by atoms with Crippen molar-refractivity contribution in [3.63, 3.8) is 0 Å². The zero-order chi connectivity index (χ0) is 8.39. The average Bonchev–Trinajstić information content (AvgIpc) is 2.54. The maximum Gasteiger partial charge on any atom is 0.124 e. The molecule has 0 radical (unpaired) electrons. The van der Waals surface area contributed by atoms with Crippen molar-refractivity contribution in [2.75, 3.05) is 19.7 Å². The summed E-state index contributed by atoms with van der Waals surface area (Å²) >= 11 is 5.01. The van der Waals surface area contributed by atoms with Crippen molar-refractivity contribution in [2.24, 2.45) is 0 Å². The first-order valence-electron chi connectivity index (χ1n) is 3.80. The third-order valence-corrected chi connectivity index (χ3v) is 3.27. The molecule has 12 heavy (non-hydrogen) atoms. The highest BCUT2D eigenvalue weighted by atomic mass is 79.9. The monoisotopic (exact) mass is 248 g/mol. The Bertz CT molecular complexity index is 260. The minimum absolute atomic E-state index is 0.148. The fourth-order valence-electron chi connectivity index (χ4n) is 1.14. The largest absolute Gasteiger partial charge is 0.368 e. The van der Waals surface area contributed by atoms with E-state index in [2.05, 4.69) is 26.2 Å². The molecule has 0 spiro atoms. The summed E-state index contributed by atoms with van der Waals surface area (Å²) in [6.45, 7) is 2.60. The molecule has 1 aromatic heterocycles. The molecule has 2 heterocycles. The number of thiazole rings is 1. The molecule has 1 atom stereocenters. The van der Waals surface area contributed by atoms with Crippen molar-refractivity contribution >= 4 is 27.3 Å². The summed E-state index contributed by atoms with van der Waals surface area (Å²) in [7, 11) is 0. The van der Waals surface area contributed by atoms with Crippen molar-refractivity contribution in [2.45, 2.75) is 6.10 Å². The third-order valence-electron chi connectivity index (χ3n) is 1.70. The fraction of sp³-hybridized carbons (Fsp3) is 0.571. The van der Waals surface area contributed by atoms with Gasteiger partial charge in [0, 0.05) is 13.1 Å². The third kappa shape index (κ3) is 1.85. The molecule has 2 rings (SSSR count). The molecule has 1 aromatic rings. The molecule has 1 N–H and O–H groups in total. The molecular formula is C7H9BrN2OS. The second kappa shape index (κ2) is 3.83. The quantitative estimate of drug-likeness (QED) is 0.820. The van der Waals surface area contributed by atoms with Crippen LogP contribution in [0.1, 0.15) is 11.1 Å². The van der Waals surface area contributed by atoms with Gasteiger partial charge in [-0.3, -0.25) is 0 Å². The molecule has 66 valence electrons. The van der Waals surface area contributed by atoms with Crippen molar-refractivity contribution in [1.29, 1.82) is 0 Å². The zero-order valence-electron chi connectivity index (χ0n) is 6.42. The predicted molar refractivity (Wildman–Crippen MR) is 51.4 cm³/mol. The van der Waals surface area contributed by atoms with E-state index in [-0.39, 0.29) is 6.10 Å². The molecule has 0 aromatic carbocycles. The van der Waals surface area contributed by atoms with Gasteiger partial charge in [0.15, 0.2) is 0 Å². The van der Waals surface area contributed by atoms with E-state index in [4.69, 9.17) is 4.74 Å². The molecule has 1 aliphatic rings. The lowest BCUT2D eigenvalue weighted by atomic mass is 10.3. The number of morpholine rings is 1. The van der Waals surface area contributed by atoms with E-state index >= 15 is 0 Å². The number of halogens is 1. The van der Waals surface area contributed by atoms with Gasteiger partial charge in [0.05, 0.1) is 16.6 Å². The molecular weight excluding hydrogens is 240 g/mol. The number of hydrogen-bond acceptors (Lipinski definition) is 4. The first kappa shape index (κ1) is 8.62. The molecule has 5 heteroatoms. The van der Waals surface area contributed by atoms with E-state index < -0.39 is 0 Å². The van der Waals surface area contributed by atoms with Gasteiger partial charge in [-0.1, -0.05) is 0 Å². The minimum atomic E-state index is 0.148. The molecule has 1 saturated heterocycles. The number of nitrogens with zero attached hydrogens (tertiary/aromatic N) is 1.